The number of aliphatic carboxylic acids is 1. The molecule has 0 heterocycles. The van der Waals surface area contributed by atoms with Gasteiger partial charge >= 0.3 is 11.9 Å². The van der Waals surface area contributed by atoms with Gasteiger partial charge in [-0.15, -0.1) is 0 Å². The molecule has 1 atom stereocenters. The molecule has 1 amide bonds. The first kappa shape index (κ1) is 21.1. The standard InChI is InChI=1S/C17H29NO5/c1-11(2)7-8-12(3)15(21)18-13(9-10-14(19)20)16(22)23-17(4,5)6/h8,11,13H,7,9-10H2,1-6H3,(H,18,21)(H,19,20)/t13-/m1/s1. The van der Waals surface area contributed by atoms with E-state index in [1.165, 1.54) is 0 Å². The predicted octanol–water partition coefficient (Wildman–Crippen LogP) is 2.67. The molecule has 0 aromatic carbocycles. The molecular formula is C17H29NO5. The molecule has 2 N–H and O–H groups in total. The van der Waals surface area contributed by atoms with E-state index in [4.69, 9.17) is 9.84 Å². The van der Waals surface area contributed by atoms with Gasteiger partial charge in [0.1, 0.15) is 11.6 Å². The van der Waals surface area contributed by atoms with E-state index in [9.17, 15) is 14.4 Å². The van der Waals surface area contributed by atoms with E-state index in [1.54, 1.807) is 27.7 Å². The van der Waals surface area contributed by atoms with Crippen molar-refractivity contribution in [2.75, 3.05) is 0 Å². The lowest BCUT2D eigenvalue weighted by Crippen LogP contribution is -2.44. The van der Waals surface area contributed by atoms with Gasteiger partial charge in [0.25, 0.3) is 0 Å². The van der Waals surface area contributed by atoms with Crippen molar-refractivity contribution in [1.82, 2.24) is 5.32 Å². The lowest BCUT2D eigenvalue weighted by Gasteiger charge is -2.24. The molecule has 0 aromatic rings. The highest BCUT2D eigenvalue weighted by Gasteiger charge is 2.27. The van der Waals surface area contributed by atoms with E-state index in [0.29, 0.717) is 11.5 Å². The molecule has 0 rings (SSSR count). The van der Waals surface area contributed by atoms with Gasteiger partial charge in [0.15, 0.2) is 0 Å². The minimum atomic E-state index is -1.03. The predicted molar refractivity (Wildman–Crippen MR) is 87.9 cm³/mol. The Hall–Kier alpha value is -1.85. The first-order valence-electron chi connectivity index (χ1n) is 7.84. The summed E-state index contributed by atoms with van der Waals surface area (Å²) < 4.78 is 5.24. The monoisotopic (exact) mass is 327 g/mol. The highest BCUT2D eigenvalue weighted by Crippen LogP contribution is 2.12. The zero-order chi connectivity index (χ0) is 18.2. The number of amides is 1. The highest BCUT2D eigenvalue weighted by molar-refractivity contribution is 5.95. The van der Waals surface area contributed by atoms with Crippen molar-refractivity contribution >= 4 is 17.8 Å². The number of carboxylic acids is 1. The van der Waals surface area contributed by atoms with Crippen LogP contribution in [0.5, 0.6) is 0 Å². The molecule has 23 heavy (non-hydrogen) atoms. The van der Waals surface area contributed by atoms with Gasteiger partial charge < -0.3 is 15.2 Å². The van der Waals surface area contributed by atoms with Crippen LogP contribution in [0.2, 0.25) is 0 Å². The van der Waals surface area contributed by atoms with Crippen LogP contribution in [0, 0.1) is 5.92 Å². The Balaban J connectivity index is 4.93. The Labute approximate surface area is 138 Å². The van der Waals surface area contributed by atoms with Crippen molar-refractivity contribution in [2.24, 2.45) is 5.92 Å². The molecule has 6 heteroatoms. The third kappa shape index (κ3) is 10.5. The molecule has 132 valence electrons. The number of nitrogens with one attached hydrogen (secondary N) is 1. The Morgan fingerprint density at radius 3 is 2.22 bits per heavy atom. The first-order chi connectivity index (χ1) is 10.4. The second-order valence-corrected chi connectivity index (χ2v) is 7.01. The van der Waals surface area contributed by atoms with Gasteiger partial charge in [-0.25, -0.2) is 4.79 Å². The van der Waals surface area contributed by atoms with Gasteiger partial charge in [0.05, 0.1) is 0 Å². The van der Waals surface area contributed by atoms with E-state index in [2.05, 4.69) is 5.32 Å². The number of esters is 1. The molecule has 0 fully saturated rings. The van der Waals surface area contributed by atoms with Crippen LogP contribution in [0.1, 0.15) is 60.8 Å². The first-order valence-corrected chi connectivity index (χ1v) is 7.84. The summed E-state index contributed by atoms with van der Waals surface area (Å²) in [6.45, 7) is 10.9. The second kappa shape index (κ2) is 9.33. The van der Waals surface area contributed by atoms with Crippen LogP contribution in [-0.4, -0.2) is 34.6 Å². The second-order valence-electron chi connectivity index (χ2n) is 7.01. The molecule has 0 saturated carbocycles. The molecule has 0 aliphatic carbocycles. The van der Waals surface area contributed by atoms with Gasteiger partial charge in [-0.3, -0.25) is 9.59 Å². The number of hydrogen-bond donors (Lipinski definition) is 2. The van der Waals surface area contributed by atoms with E-state index in [-0.39, 0.29) is 18.7 Å². The Bertz CT molecular complexity index is 460. The van der Waals surface area contributed by atoms with Crippen molar-refractivity contribution < 1.29 is 24.2 Å². The van der Waals surface area contributed by atoms with Crippen molar-refractivity contribution in [3.8, 4) is 0 Å². The molecule has 0 radical (unpaired) electrons. The topological polar surface area (TPSA) is 92.7 Å². The molecule has 0 saturated heterocycles. The summed E-state index contributed by atoms with van der Waals surface area (Å²) >= 11 is 0. The molecule has 0 aliphatic heterocycles. The lowest BCUT2D eigenvalue weighted by atomic mass is 10.1. The molecule has 0 aliphatic rings. The minimum absolute atomic E-state index is 0.00650. The average Bonchev–Trinajstić information content (AvgIpc) is 2.37. The van der Waals surface area contributed by atoms with Crippen molar-refractivity contribution in [2.45, 2.75) is 72.4 Å². The summed E-state index contributed by atoms with van der Waals surface area (Å²) in [5, 5.41) is 11.4. The maximum atomic E-state index is 12.1. The number of carbonyl (C=O) groups is 3. The Morgan fingerprint density at radius 1 is 1.22 bits per heavy atom. The lowest BCUT2D eigenvalue weighted by molar-refractivity contribution is -0.158. The smallest absolute Gasteiger partial charge is 0.329 e. The molecule has 0 unspecified atom stereocenters. The fourth-order valence-corrected chi connectivity index (χ4v) is 1.67. The number of hydrogen-bond acceptors (Lipinski definition) is 4. The molecule has 0 bridgehead atoms. The van der Waals surface area contributed by atoms with Crippen LogP contribution in [0.3, 0.4) is 0 Å². The fraction of sp³-hybridized carbons (Fsp3) is 0.706. The molecule has 0 spiro atoms. The summed E-state index contributed by atoms with van der Waals surface area (Å²) in [5.74, 6) is -1.61. The van der Waals surface area contributed by atoms with Crippen molar-refractivity contribution in [3.05, 3.63) is 11.6 Å². The molecule has 6 nitrogen and oxygen atoms in total. The summed E-state index contributed by atoms with van der Waals surface area (Å²) in [7, 11) is 0. The average molecular weight is 327 g/mol. The SMILES string of the molecule is CC(=CCC(C)C)C(=O)N[C@H](CCC(=O)O)C(=O)OC(C)(C)C. The quantitative estimate of drug-likeness (QED) is 0.528. The van der Waals surface area contributed by atoms with Gasteiger partial charge in [0.2, 0.25) is 5.91 Å². The number of ether oxygens (including phenoxy) is 1. The third-order valence-corrected chi connectivity index (χ3v) is 2.90. The van der Waals surface area contributed by atoms with E-state index >= 15 is 0 Å². The zero-order valence-corrected chi connectivity index (χ0v) is 14.9. The van der Waals surface area contributed by atoms with Crippen LogP contribution >= 0.6 is 0 Å². The van der Waals surface area contributed by atoms with Crippen molar-refractivity contribution in [1.29, 1.82) is 0 Å². The van der Waals surface area contributed by atoms with Gasteiger partial charge in [-0.05, 0) is 46.5 Å². The van der Waals surface area contributed by atoms with Crippen LogP contribution in [0.25, 0.3) is 0 Å². The zero-order valence-electron chi connectivity index (χ0n) is 14.9. The van der Waals surface area contributed by atoms with E-state index < -0.39 is 23.6 Å². The Morgan fingerprint density at radius 2 is 1.78 bits per heavy atom. The van der Waals surface area contributed by atoms with E-state index in [0.717, 1.165) is 6.42 Å². The van der Waals surface area contributed by atoms with E-state index in [1.807, 2.05) is 19.9 Å². The maximum absolute atomic E-state index is 12.1. The van der Waals surface area contributed by atoms with Crippen molar-refractivity contribution in [3.63, 3.8) is 0 Å². The Kier molecular flexibility index (Phi) is 8.58. The maximum Gasteiger partial charge on any atom is 0.329 e. The van der Waals surface area contributed by atoms with Crippen LogP contribution in [0.15, 0.2) is 11.6 Å². The number of allylic oxidation sites excluding steroid dienone is 1. The molecule has 0 aromatic heterocycles. The number of carboxylic acid groups (broad SMARTS) is 1. The van der Waals surface area contributed by atoms with Gasteiger partial charge in [-0.1, -0.05) is 19.9 Å². The largest absolute Gasteiger partial charge is 0.481 e. The normalized spacial score (nSPS) is 13.6. The fourth-order valence-electron chi connectivity index (χ4n) is 1.67. The summed E-state index contributed by atoms with van der Waals surface area (Å²) in [6, 6.07) is -0.972. The van der Waals surface area contributed by atoms with Crippen LogP contribution in [0.4, 0.5) is 0 Å². The third-order valence-electron chi connectivity index (χ3n) is 2.90. The van der Waals surface area contributed by atoms with Gasteiger partial charge in [-0.2, -0.15) is 0 Å². The summed E-state index contributed by atoms with van der Waals surface area (Å²) in [6.07, 6.45) is 2.33. The molecular weight excluding hydrogens is 298 g/mol. The minimum Gasteiger partial charge on any atom is -0.481 e. The summed E-state index contributed by atoms with van der Waals surface area (Å²) in [4.78, 5) is 35.0. The number of carbonyl (C=O) groups excluding carboxylic acids is 2. The number of rotatable bonds is 8. The summed E-state index contributed by atoms with van der Waals surface area (Å²) in [5.41, 5.74) is -0.200. The van der Waals surface area contributed by atoms with Gasteiger partial charge in [0, 0.05) is 12.0 Å². The highest BCUT2D eigenvalue weighted by atomic mass is 16.6. The van der Waals surface area contributed by atoms with Crippen LogP contribution in [-0.2, 0) is 19.1 Å². The van der Waals surface area contributed by atoms with Crippen LogP contribution < -0.4 is 5.32 Å².